The molecule has 0 saturated heterocycles. The summed E-state index contributed by atoms with van der Waals surface area (Å²) in [5, 5.41) is 7.28. The molecule has 0 saturated carbocycles. The molecule has 1 amide bonds. The van der Waals surface area contributed by atoms with Gasteiger partial charge in [-0.25, -0.2) is 4.39 Å². The van der Waals surface area contributed by atoms with E-state index in [1.807, 2.05) is 25.5 Å². The SMILES string of the molecule is Cc1nn(CCNC(=O)Cc2ccc(F)cc2)c(C)c1C. The predicted molar refractivity (Wildman–Crippen MR) is 79.6 cm³/mol. The number of carbonyl (C=O) groups excluding carboxylic acids is 1. The summed E-state index contributed by atoms with van der Waals surface area (Å²) in [5.74, 6) is -0.362. The highest BCUT2D eigenvalue weighted by Gasteiger charge is 2.07. The number of benzene rings is 1. The molecule has 1 heterocycles. The van der Waals surface area contributed by atoms with Crippen molar-refractivity contribution < 1.29 is 9.18 Å². The Bertz CT molecular complexity index is 632. The summed E-state index contributed by atoms with van der Waals surface area (Å²) in [6.07, 6.45) is 0.260. The maximum absolute atomic E-state index is 12.8. The Morgan fingerprint density at radius 1 is 1.24 bits per heavy atom. The molecule has 5 heteroatoms. The third-order valence-corrected chi connectivity index (χ3v) is 3.67. The largest absolute Gasteiger partial charge is 0.354 e. The standard InChI is InChI=1S/C16H20FN3O/c1-11-12(2)19-20(13(11)3)9-8-18-16(21)10-14-4-6-15(17)7-5-14/h4-7H,8-10H2,1-3H3,(H,18,21). The van der Waals surface area contributed by atoms with Gasteiger partial charge in [0.1, 0.15) is 5.82 Å². The van der Waals surface area contributed by atoms with Gasteiger partial charge >= 0.3 is 0 Å². The van der Waals surface area contributed by atoms with Gasteiger partial charge in [0.15, 0.2) is 0 Å². The van der Waals surface area contributed by atoms with E-state index in [0.29, 0.717) is 13.1 Å². The summed E-state index contributed by atoms with van der Waals surface area (Å²) in [6, 6.07) is 5.97. The van der Waals surface area contributed by atoms with Crippen molar-refractivity contribution in [1.82, 2.24) is 15.1 Å². The summed E-state index contributed by atoms with van der Waals surface area (Å²) in [4.78, 5) is 11.8. The van der Waals surface area contributed by atoms with Crippen molar-refractivity contribution in [3.8, 4) is 0 Å². The van der Waals surface area contributed by atoms with Crippen LogP contribution in [0.5, 0.6) is 0 Å². The van der Waals surface area contributed by atoms with Crippen molar-refractivity contribution in [1.29, 1.82) is 0 Å². The van der Waals surface area contributed by atoms with E-state index in [1.54, 1.807) is 12.1 Å². The Hall–Kier alpha value is -2.17. The molecular weight excluding hydrogens is 269 g/mol. The van der Waals surface area contributed by atoms with E-state index in [4.69, 9.17) is 0 Å². The molecule has 1 aromatic heterocycles. The van der Waals surface area contributed by atoms with Crippen LogP contribution in [0.25, 0.3) is 0 Å². The van der Waals surface area contributed by atoms with Crippen molar-refractivity contribution in [3.63, 3.8) is 0 Å². The van der Waals surface area contributed by atoms with Gasteiger partial charge in [0.2, 0.25) is 5.91 Å². The first-order valence-corrected chi connectivity index (χ1v) is 6.99. The van der Waals surface area contributed by atoms with Crippen molar-refractivity contribution in [2.75, 3.05) is 6.54 Å². The summed E-state index contributed by atoms with van der Waals surface area (Å²) in [7, 11) is 0. The highest BCUT2D eigenvalue weighted by atomic mass is 19.1. The number of aryl methyl sites for hydroxylation is 1. The molecule has 0 spiro atoms. The molecule has 0 unspecified atom stereocenters. The van der Waals surface area contributed by atoms with Gasteiger partial charge in [-0.05, 0) is 44.0 Å². The molecule has 0 aliphatic heterocycles. The zero-order valence-corrected chi connectivity index (χ0v) is 12.6. The molecule has 0 radical (unpaired) electrons. The van der Waals surface area contributed by atoms with Gasteiger partial charge in [-0.2, -0.15) is 5.10 Å². The van der Waals surface area contributed by atoms with E-state index >= 15 is 0 Å². The zero-order valence-electron chi connectivity index (χ0n) is 12.6. The zero-order chi connectivity index (χ0) is 15.4. The van der Waals surface area contributed by atoms with Crippen molar-refractivity contribution in [2.24, 2.45) is 0 Å². The highest BCUT2D eigenvalue weighted by molar-refractivity contribution is 5.78. The molecule has 0 aliphatic rings. The quantitative estimate of drug-likeness (QED) is 0.918. The molecular formula is C16H20FN3O. The van der Waals surface area contributed by atoms with E-state index in [0.717, 1.165) is 17.0 Å². The van der Waals surface area contributed by atoms with Crippen LogP contribution in [0, 0.1) is 26.6 Å². The van der Waals surface area contributed by atoms with Gasteiger partial charge in [0.05, 0.1) is 18.7 Å². The number of hydrogen-bond donors (Lipinski definition) is 1. The van der Waals surface area contributed by atoms with E-state index in [1.165, 1.54) is 17.7 Å². The number of carbonyl (C=O) groups is 1. The van der Waals surface area contributed by atoms with Gasteiger partial charge in [-0.1, -0.05) is 12.1 Å². The molecule has 0 atom stereocenters. The van der Waals surface area contributed by atoms with E-state index in [9.17, 15) is 9.18 Å². The third kappa shape index (κ3) is 3.90. The maximum Gasteiger partial charge on any atom is 0.224 e. The van der Waals surface area contributed by atoms with Crippen molar-refractivity contribution >= 4 is 5.91 Å². The molecule has 1 aromatic carbocycles. The minimum atomic E-state index is -0.293. The first-order chi connectivity index (χ1) is 9.97. The number of halogens is 1. The molecule has 0 bridgehead atoms. The van der Waals surface area contributed by atoms with Gasteiger partial charge in [0, 0.05) is 12.2 Å². The van der Waals surface area contributed by atoms with Crippen LogP contribution in [0.4, 0.5) is 4.39 Å². The minimum Gasteiger partial charge on any atom is -0.354 e. The minimum absolute atomic E-state index is 0.0696. The van der Waals surface area contributed by atoms with Crippen molar-refractivity contribution in [2.45, 2.75) is 33.7 Å². The predicted octanol–water partition coefficient (Wildman–Crippen LogP) is 2.31. The lowest BCUT2D eigenvalue weighted by atomic mass is 10.1. The Kier molecular flexibility index (Phi) is 4.73. The van der Waals surface area contributed by atoms with Gasteiger partial charge in [-0.3, -0.25) is 9.48 Å². The Balaban J connectivity index is 1.81. The summed E-state index contributed by atoms with van der Waals surface area (Å²) < 4.78 is 14.7. The second-order valence-electron chi connectivity index (χ2n) is 5.17. The fourth-order valence-electron chi connectivity index (χ4n) is 2.16. The smallest absolute Gasteiger partial charge is 0.224 e. The van der Waals surface area contributed by atoms with Gasteiger partial charge in [-0.15, -0.1) is 0 Å². The lowest BCUT2D eigenvalue weighted by Gasteiger charge is -2.07. The Labute approximate surface area is 124 Å². The summed E-state index contributed by atoms with van der Waals surface area (Å²) in [5.41, 5.74) is 4.13. The summed E-state index contributed by atoms with van der Waals surface area (Å²) in [6.45, 7) is 7.22. The van der Waals surface area contributed by atoms with Gasteiger partial charge < -0.3 is 5.32 Å². The van der Waals surface area contributed by atoms with Crippen LogP contribution in [0.15, 0.2) is 24.3 Å². The molecule has 2 rings (SSSR count). The summed E-state index contributed by atoms with van der Waals surface area (Å²) >= 11 is 0. The molecule has 2 aromatic rings. The monoisotopic (exact) mass is 289 g/mol. The fraction of sp³-hybridized carbons (Fsp3) is 0.375. The second kappa shape index (κ2) is 6.52. The Morgan fingerprint density at radius 3 is 2.48 bits per heavy atom. The third-order valence-electron chi connectivity index (χ3n) is 3.67. The van der Waals surface area contributed by atoms with Crippen LogP contribution in [0.3, 0.4) is 0 Å². The van der Waals surface area contributed by atoms with Crippen LogP contribution in [-0.2, 0) is 17.8 Å². The van der Waals surface area contributed by atoms with Crippen molar-refractivity contribution in [3.05, 3.63) is 52.6 Å². The van der Waals surface area contributed by atoms with Gasteiger partial charge in [0.25, 0.3) is 0 Å². The topological polar surface area (TPSA) is 46.9 Å². The maximum atomic E-state index is 12.8. The average molecular weight is 289 g/mol. The van der Waals surface area contributed by atoms with E-state index in [2.05, 4.69) is 10.4 Å². The number of nitrogens with one attached hydrogen (secondary N) is 1. The highest BCUT2D eigenvalue weighted by Crippen LogP contribution is 2.10. The molecule has 21 heavy (non-hydrogen) atoms. The van der Waals surface area contributed by atoms with Crippen LogP contribution in [-0.4, -0.2) is 22.2 Å². The van der Waals surface area contributed by atoms with Crippen LogP contribution in [0.1, 0.15) is 22.5 Å². The fourth-order valence-corrected chi connectivity index (χ4v) is 2.16. The molecule has 1 N–H and O–H groups in total. The number of rotatable bonds is 5. The van der Waals surface area contributed by atoms with Crippen LogP contribution in [0.2, 0.25) is 0 Å². The Morgan fingerprint density at radius 2 is 1.90 bits per heavy atom. The molecule has 4 nitrogen and oxygen atoms in total. The normalized spacial score (nSPS) is 10.7. The lowest BCUT2D eigenvalue weighted by Crippen LogP contribution is -2.29. The second-order valence-corrected chi connectivity index (χ2v) is 5.17. The number of hydrogen-bond acceptors (Lipinski definition) is 2. The van der Waals surface area contributed by atoms with Crippen LogP contribution >= 0.6 is 0 Å². The molecule has 112 valence electrons. The number of amides is 1. The van der Waals surface area contributed by atoms with E-state index < -0.39 is 0 Å². The van der Waals surface area contributed by atoms with E-state index in [-0.39, 0.29) is 18.1 Å². The molecule has 0 fully saturated rings. The first-order valence-electron chi connectivity index (χ1n) is 6.99. The van der Waals surface area contributed by atoms with Crippen LogP contribution < -0.4 is 5.32 Å². The first kappa shape index (κ1) is 15.2. The lowest BCUT2D eigenvalue weighted by molar-refractivity contribution is -0.120. The number of aromatic nitrogens is 2. The molecule has 0 aliphatic carbocycles. The average Bonchev–Trinajstić information content (AvgIpc) is 2.69. The number of nitrogens with zero attached hydrogens (tertiary/aromatic N) is 2.